The van der Waals surface area contributed by atoms with Gasteiger partial charge in [0.15, 0.2) is 6.10 Å². The maximum atomic E-state index is 11.4. The van der Waals surface area contributed by atoms with Crippen LogP contribution in [0.3, 0.4) is 0 Å². The number of aliphatic hydroxyl groups excluding tert-OH is 1. The smallest absolute Gasteiger partial charge is 0.407 e. The van der Waals surface area contributed by atoms with E-state index >= 15 is 0 Å². The second-order valence-corrected chi connectivity index (χ2v) is 5.94. The molecule has 20 heavy (non-hydrogen) atoms. The van der Waals surface area contributed by atoms with Crippen LogP contribution < -0.4 is 5.32 Å². The number of carbonyl (C=O) groups is 2. The van der Waals surface area contributed by atoms with Crippen LogP contribution in [0.2, 0.25) is 0 Å². The molecule has 0 spiro atoms. The van der Waals surface area contributed by atoms with Crippen LogP contribution >= 0.6 is 0 Å². The van der Waals surface area contributed by atoms with E-state index in [1.54, 1.807) is 26.8 Å². The lowest BCUT2D eigenvalue weighted by Crippen LogP contribution is -2.33. The molecule has 6 nitrogen and oxygen atoms in total. The van der Waals surface area contributed by atoms with E-state index < -0.39 is 23.8 Å². The minimum absolute atomic E-state index is 0.271. The lowest BCUT2D eigenvalue weighted by Gasteiger charge is -2.19. The number of alkyl carbamates (subject to hydrolysis) is 1. The summed E-state index contributed by atoms with van der Waals surface area (Å²) >= 11 is 0. The van der Waals surface area contributed by atoms with E-state index in [4.69, 9.17) is 9.84 Å². The number of nitrogens with one attached hydrogen (secondary N) is 1. The van der Waals surface area contributed by atoms with E-state index in [0.29, 0.717) is 6.42 Å². The molecule has 1 fully saturated rings. The van der Waals surface area contributed by atoms with Crippen molar-refractivity contribution in [1.29, 1.82) is 0 Å². The summed E-state index contributed by atoms with van der Waals surface area (Å²) in [4.78, 5) is 22.3. The Morgan fingerprint density at radius 1 is 1.50 bits per heavy atom. The summed E-state index contributed by atoms with van der Waals surface area (Å²) in [6.07, 6.45) is 2.16. The number of hydrogen-bond donors (Lipinski definition) is 3. The highest BCUT2D eigenvalue weighted by atomic mass is 16.6. The minimum atomic E-state index is -1.37. The van der Waals surface area contributed by atoms with Crippen LogP contribution in [0.15, 0.2) is 11.6 Å². The number of carboxylic acid groups (broad SMARTS) is 1. The molecule has 1 amide bonds. The van der Waals surface area contributed by atoms with Crippen LogP contribution in [-0.4, -0.2) is 40.5 Å². The van der Waals surface area contributed by atoms with Gasteiger partial charge < -0.3 is 20.3 Å². The molecule has 2 atom stereocenters. The first-order valence-electron chi connectivity index (χ1n) is 6.77. The molecule has 0 bridgehead atoms. The van der Waals surface area contributed by atoms with Crippen molar-refractivity contribution in [1.82, 2.24) is 5.32 Å². The molecule has 1 saturated carbocycles. The third kappa shape index (κ3) is 5.21. The summed E-state index contributed by atoms with van der Waals surface area (Å²) in [6.45, 7) is 5.61. The van der Waals surface area contributed by atoms with Gasteiger partial charge in [0.25, 0.3) is 0 Å². The summed E-state index contributed by atoms with van der Waals surface area (Å²) in [5.41, 5.74) is 0.336. The highest BCUT2D eigenvalue weighted by molar-refractivity contribution is 5.73. The van der Waals surface area contributed by atoms with E-state index in [9.17, 15) is 14.7 Å². The molecular formula is C14H23NO5. The second kappa shape index (κ2) is 6.74. The van der Waals surface area contributed by atoms with E-state index in [0.717, 1.165) is 18.4 Å². The van der Waals surface area contributed by atoms with Gasteiger partial charge in [-0.15, -0.1) is 0 Å². The van der Waals surface area contributed by atoms with Crippen molar-refractivity contribution in [2.45, 2.75) is 51.7 Å². The van der Waals surface area contributed by atoms with Crippen molar-refractivity contribution in [2.75, 3.05) is 6.54 Å². The van der Waals surface area contributed by atoms with E-state index in [1.165, 1.54) is 0 Å². The average Bonchev–Trinajstić information content (AvgIpc) is 2.73. The van der Waals surface area contributed by atoms with Gasteiger partial charge in [-0.3, -0.25) is 0 Å². The Kier molecular flexibility index (Phi) is 5.56. The highest BCUT2D eigenvalue weighted by Crippen LogP contribution is 2.33. The Hall–Kier alpha value is -1.56. The van der Waals surface area contributed by atoms with Gasteiger partial charge in [-0.2, -0.15) is 0 Å². The van der Waals surface area contributed by atoms with Gasteiger partial charge >= 0.3 is 12.1 Å². The summed E-state index contributed by atoms with van der Waals surface area (Å²) in [5.74, 6) is -1.56. The zero-order valence-corrected chi connectivity index (χ0v) is 12.2. The zero-order valence-electron chi connectivity index (χ0n) is 12.2. The summed E-state index contributed by atoms with van der Waals surface area (Å²) < 4.78 is 5.09. The molecule has 0 aromatic carbocycles. The fourth-order valence-corrected chi connectivity index (χ4v) is 2.26. The van der Waals surface area contributed by atoms with Gasteiger partial charge in [-0.1, -0.05) is 11.6 Å². The van der Waals surface area contributed by atoms with E-state index in [-0.39, 0.29) is 12.5 Å². The average molecular weight is 285 g/mol. The molecule has 114 valence electrons. The first kappa shape index (κ1) is 16.5. The lowest BCUT2D eigenvalue weighted by molar-refractivity contribution is -0.148. The number of aliphatic carboxylic acids is 1. The summed E-state index contributed by atoms with van der Waals surface area (Å²) in [6, 6.07) is 0. The van der Waals surface area contributed by atoms with E-state index in [1.807, 2.05) is 0 Å². The van der Waals surface area contributed by atoms with Gasteiger partial charge in [-0.25, -0.2) is 9.59 Å². The van der Waals surface area contributed by atoms with Crippen molar-refractivity contribution in [2.24, 2.45) is 5.92 Å². The van der Waals surface area contributed by atoms with Crippen LogP contribution in [0.1, 0.15) is 40.0 Å². The fourth-order valence-electron chi connectivity index (χ4n) is 2.26. The van der Waals surface area contributed by atoms with Crippen LogP contribution in [0.25, 0.3) is 0 Å². The molecule has 0 radical (unpaired) electrons. The van der Waals surface area contributed by atoms with Crippen molar-refractivity contribution < 1.29 is 24.5 Å². The largest absolute Gasteiger partial charge is 0.479 e. The summed E-state index contributed by atoms with van der Waals surface area (Å²) in [5, 5.41) is 21.0. The predicted molar refractivity (Wildman–Crippen MR) is 73.3 cm³/mol. The molecule has 3 N–H and O–H groups in total. The molecule has 0 heterocycles. The molecule has 1 aliphatic rings. The predicted octanol–water partition coefficient (Wildman–Crippen LogP) is 1.68. The molecule has 0 aromatic heterocycles. The van der Waals surface area contributed by atoms with Crippen molar-refractivity contribution in [3.63, 3.8) is 0 Å². The number of carboxylic acids is 1. The number of carbonyl (C=O) groups excluding carboxylic acids is 1. The molecule has 1 aliphatic carbocycles. The maximum absolute atomic E-state index is 11.4. The van der Waals surface area contributed by atoms with E-state index in [2.05, 4.69) is 5.32 Å². The molecule has 0 aromatic rings. The Morgan fingerprint density at radius 2 is 2.15 bits per heavy atom. The van der Waals surface area contributed by atoms with Crippen molar-refractivity contribution in [3.8, 4) is 0 Å². The first-order valence-corrected chi connectivity index (χ1v) is 6.77. The lowest BCUT2D eigenvalue weighted by atomic mass is 9.96. The van der Waals surface area contributed by atoms with Gasteiger partial charge in [0.1, 0.15) is 5.60 Å². The number of ether oxygens (including phenoxy) is 1. The van der Waals surface area contributed by atoms with Gasteiger partial charge in [-0.05, 0) is 40.0 Å². The number of aliphatic hydroxyl groups is 1. The Morgan fingerprint density at radius 3 is 2.70 bits per heavy atom. The normalized spacial score (nSPS) is 22.6. The van der Waals surface area contributed by atoms with Crippen LogP contribution in [-0.2, 0) is 9.53 Å². The van der Waals surface area contributed by atoms with Crippen LogP contribution in [0.4, 0.5) is 4.79 Å². The van der Waals surface area contributed by atoms with Gasteiger partial charge in [0, 0.05) is 12.5 Å². The fraction of sp³-hybridized carbons (Fsp3) is 0.714. The third-order valence-electron chi connectivity index (χ3n) is 3.10. The van der Waals surface area contributed by atoms with Crippen molar-refractivity contribution >= 4 is 12.1 Å². The Balaban J connectivity index is 2.49. The molecule has 1 rings (SSSR count). The van der Waals surface area contributed by atoms with Gasteiger partial charge in [0.2, 0.25) is 0 Å². The minimum Gasteiger partial charge on any atom is -0.479 e. The molecule has 2 unspecified atom stereocenters. The quantitative estimate of drug-likeness (QED) is 0.683. The number of rotatable bonds is 4. The highest BCUT2D eigenvalue weighted by Gasteiger charge is 2.32. The maximum Gasteiger partial charge on any atom is 0.407 e. The first-order chi connectivity index (χ1) is 9.20. The Labute approximate surface area is 118 Å². The second-order valence-electron chi connectivity index (χ2n) is 5.94. The number of amides is 1. The van der Waals surface area contributed by atoms with Crippen LogP contribution in [0, 0.1) is 5.92 Å². The summed E-state index contributed by atoms with van der Waals surface area (Å²) in [7, 11) is 0. The molecular weight excluding hydrogens is 262 g/mol. The number of hydrogen-bond acceptors (Lipinski definition) is 4. The third-order valence-corrected chi connectivity index (χ3v) is 3.10. The zero-order chi connectivity index (χ0) is 15.3. The molecule has 0 aliphatic heterocycles. The van der Waals surface area contributed by atoms with Gasteiger partial charge in [0.05, 0.1) is 0 Å². The monoisotopic (exact) mass is 285 g/mol. The Bertz CT molecular complexity index is 397. The standard InChI is InChI=1S/C14H23NO5/c1-14(2,3)20-13(19)15-8-7-9-5-4-6-10(9)11(16)12(17)18/h7,10-11,16H,4-6,8H2,1-3H3,(H,15,19)(H,17,18)/b9-7+. The van der Waals surface area contributed by atoms with Crippen molar-refractivity contribution in [3.05, 3.63) is 11.6 Å². The molecule has 6 heteroatoms. The van der Waals surface area contributed by atoms with Crippen LogP contribution in [0.5, 0.6) is 0 Å². The molecule has 0 saturated heterocycles. The SMILES string of the molecule is CC(C)(C)OC(=O)NC/C=C1\CCCC1C(O)C(=O)O. The topological polar surface area (TPSA) is 95.9 Å².